The molecule has 0 saturated carbocycles. The van der Waals surface area contributed by atoms with Gasteiger partial charge in [-0.2, -0.15) is 0 Å². The van der Waals surface area contributed by atoms with Crippen LogP contribution in [0.4, 0.5) is 5.13 Å². The number of thiazole rings is 1. The molecule has 1 fully saturated rings. The Morgan fingerprint density at radius 2 is 2.41 bits per heavy atom. The average molecular weight is 255 g/mol. The number of aromatic nitrogens is 1. The van der Waals surface area contributed by atoms with Crippen molar-refractivity contribution >= 4 is 16.5 Å². The molecule has 2 heterocycles. The van der Waals surface area contributed by atoms with Crippen LogP contribution in [0, 0.1) is 0 Å². The fourth-order valence-corrected chi connectivity index (χ4v) is 2.96. The van der Waals surface area contributed by atoms with Crippen molar-refractivity contribution in [3.63, 3.8) is 0 Å². The van der Waals surface area contributed by atoms with E-state index in [1.807, 2.05) is 6.20 Å². The fraction of sp³-hybridized carbons (Fsp3) is 0.750. The van der Waals surface area contributed by atoms with Crippen LogP contribution in [0.2, 0.25) is 0 Å². The largest absolute Gasteiger partial charge is 0.380 e. The molecule has 1 saturated heterocycles. The monoisotopic (exact) mass is 255 g/mol. The van der Waals surface area contributed by atoms with E-state index in [1.165, 1.54) is 4.88 Å². The van der Waals surface area contributed by atoms with Crippen molar-refractivity contribution in [2.45, 2.75) is 26.3 Å². The molecule has 0 amide bonds. The van der Waals surface area contributed by atoms with Gasteiger partial charge in [-0.1, -0.05) is 6.92 Å². The van der Waals surface area contributed by atoms with Crippen molar-refractivity contribution in [3.05, 3.63) is 11.1 Å². The molecule has 0 bridgehead atoms. The Bertz CT molecular complexity index is 334. The number of nitrogens with one attached hydrogen (secondary N) is 1. The van der Waals surface area contributed by atoms with Gasteiger partial charge in [-0.05, 0) is 19.9 Å². The van der Waals surface area contributed by atoms with Gasteiger partial charge in [-0.25, -0.2) is 4.98 Å². The van der Waals surface area contributed by atoms with Crippen LogP contribution in [0.1, 0.15) is 31.2 Å². The van der Waals surface area contributed by atoms with E-state index in [0.29, 0.717) is 6.04 Å². The van der Waals surface area contributed by atoms with Gasteiger partial charge in [0.25, 0.3) is 0 Å². The Morgan fingerprint density at radius 3 is 3.24 bits per heavy atom. The number of hydrogen-bond acceptors (Lipinski definition) is 5. The summed E-state index contributed by atoms with van der Waals surface area (Å²) in [4.78, 5) is 8.18. The molecule has 0 radical (unpaired) electrons. The molecular weight excluding hydrogens is 234 g/mol. The maximum Gasteiger partial charge on any atom is 0.185 e. The highest BCUT2D eigenvalue weighted by molar-refractivity contribution is 7.15. The summed E-state index contributed by atoms with van der Waals surface area (Å²) >= 11 is 1.79. The van der Waals surface area contributed by atoms with Crippen LogP contribution in [0.25, 0.3) is 0 Å². The van der Waals surface area contributed by atoms with Crippen molar-refractivity contribution in [1.29, 1.82) is 0 Å². The molecule has 1 aromatic heterocycles. The maximum atomic E-state index is 5.46. The fourth-order valence-electron chi connectivity index (χ4n) is 1.97. The molecule has 4 nitrogen and oxygen atoms in total. The SMILES string of the molecule is CCNC(C)c1cnc(N2CCCOCC2)s1. The zero-order chi connectivity index (χ0) is 12.1. The lowest BCUT2D eigenvalue weighted by Gasteiger charge is -2.17. The van der Waals surface area contributed by atoms with Gasteiger partial charge in [-0.3, -0.25) is 0 Å². The third-order valence-corrected chi connectivity index (χ3v) is 4.18. The summed E-state index contributed by atoms with van der Waals surface area (Å²) in [6, 6.07) is 0.398. The van der Waals surface area contributed by atoms with E-state index in [-0.39, 0.29) is 0 Å². The lowest BCUT2D eigenvalue weighted by Crippen LogP contribution is -2.25. The first-order valence-corrected chi connectivity index (χ1v) is 7.14. The Hall–Kier alpha value is -0.650. The molecule has 2 rings (SSSR count). The number of nitrogens with zero attached hydrogens (tertiary/aromatic N) is 2. The Kier molecular flexibility index (Phi) is 4.76. The molecule has 0 aliphatic carbocycles. The first-order valence-electron chi connectivity index (χ1n) is 6.33. The summed E-state index contributed by atoms with van der Waals surface area (Å²) in [5, 5.41) is 4.55. The van der Waals surface area contributed by atoms with Gasteiger partial charge >= 0.3 is 0 Å². The molecular formula is C12H21N3OS. The van der Waals surface area contributed by atoms with E-state index in [0.717, 1.165) is 44.4 Å². The molecule has 0 spiro atoms. The molecule has 5 heteroatoms. The average Bonchev–Trinajstić information content (AvgIpc) is 2.66. The highest BCUT2D eigenvalue weighted by atomic mass is 32.1. The van der Waals surface area contributed by atoms with Crippen molar-refractivity contribution in [2.75, 3.05) is 37.7 Å². The molecule has 1 atom stereocenters. The maximum absolute atomic E-state index is 5.46. The minimum atomic E-state index is 0.398. The predicted octanol–water partition coefficient (Wildman–Crippen LogP) is 2.04. The Balaban J connectivity index is 2.01. The highest BCUT2D eigenvalue weighted by Crippen LogP contribution is 2.27. The van der Waals surface area contributed by atoms with Gasteiger partial charge in [0.05, 0.1) is 6.61 Å². The van der Waals surface area contributed by atoms with E-state index in [2.05, 4.69) is 29.0 Å². The zero-order valence-electron chi connectivity index (χ0n) is 10.6. The van der Waals surface area contributed by atoms with Crippen LogP contribution in [0.3, 0.4) is 0 Å². The topological polar surface area (TPSA) is 37.4 Å². The van der Waals surface area contributed by atoms with Crippen molar-refractivity contribution in [1.82, 2.24) is 10.3 Å². The third kappa shape index (κ3) is 3.40. The van der Waals surface area contributed by atoms with Gasteiger partial charge in [0.1, 0.15) is 0 Å². The molecule has 1 aliphatic rings. The molecule has 0 aromatic carbocycles. The second-order valence-corrected chi connectivity index (χ2v) is 5.32. The highest BCUT2D eigenvalue weighted by Gasteiger charge is 2.15. The first-order chi connectivity index (χ1) is 8.31. The van der Waals surface area contributed by atoms with E-state index >= 15 is 0 Å². The molecule has 1 N–H and O–H groups in total. The summed E-state index contributed by atoms with van der Waals surface area (Å²) in [5.74, 6) is 0. The normalized spacial score (nSPS) is 19.1. The van der Waals surface area contributed by atoms with Gasteiger partial charge in [0, 0.05) is 36.8 Å². The van der Waals surface area contributed by atoms with Crippen molar-refractivity contribution in [2.24, 2.45) is 0 Å². The lowest BCUT2D eigenvalue weighted by molar-refractivity contribution is 0.152. The standard InChI is InChI=1S/C12H21N3OS/c1-3-13-10(2)11-9-14-12(17-11)15-5-4-7-16-8-6-15/h9-10,13H,3-8H2,1-2H3. The van der Waals surface area contributed by atoms with E-state index in [9.17, 15) is 0 Å². The molecule has 17 heavy (non-hydrogen) atoms. The van der Waals surface area contributed by atoms with E-state index in [1.54, 1.807) is 11.3 Å². The van der Waals surface area contributed by atoms with Crippen LogP contribution in [0.5, 0.6) is 0 Å². The second-order valence-electron chi connectivity index (χ2n) is 4.28. The summed E-state index contributed by atoms with van der Waals surface area (Å²) in [7, 11) is 0. The van der Waals surface area contributed by atoms with Crippen LogP contribution < -0.4 is 10.2 Å². The van der Waals surface area contributed by atoms with Crippen LogP contribution >= 0.6 is 11.3 Å². The van der Waals surface area contributed by atoms with Crippen molar-refractivity contribution < 1.29 is 4.74 Å². The third-order valence-electron chi connectivity index (χ3n) is 2.94. The molecule has 96 valence electrons. The van der Waals surface area contributed by atoms with E-state index < -0.39 is 0 Å². The summed E-state index contributed by atoms with van der Waals surface area (Å²) in [5.41, 5.74) is 0. The Labute approximate surface area is 107 Å². The van der Waals surface area contributed by atoms with Crippen LogP contribution in [-0.2, 0) is 4.74 Å². The minimum absolute atomic E-state index is 0.398. The summed E-state index contributed by atoms with van der Waals surface area (Å²) < 4.78 is 5.46. The second kappa shape index (κ2) is 6.33. The minimum Gasteiger partial charge on any atom is -0.380 e. The summed E-state index contributed by atoms with van der Waals surface area (Å²) in [6.45, 7) is 9.02. The van der Waals surface area contributed by atoms with Crippen molar-refractivity contribution in [3.8, 4) is 0 Å². The molecule has 1 unspecified atom stereocenters. The number of hydrogen-bond donors (Lipinski definition) is 1. The molecule has 1 aliphatic heterocycles. The van der Waals surface area contributed by atoms with Crippen LogP contribution in [-0.4, -0.2) is 37.8 Å². The van der Waals surface area contributed by atoms with Gasteiger partial charge in [0.2, 0.25) is 0 Å². The van der Waals surface area contributed by atoms with E-state index in [4.69, 9.17) is 4.74 Å². The summed E-state index contributed by atoms with van der Waals surface area (Å²) in [6.07, 6.45) is 3.09. The van der Waals surface area contributed by atoms with Gasteiger partial charge < -0.3 is 15.0 Å². The first kappa shape index (κ1) is 12.8. The van der Waals surface area contributed by atoms with Gasteiger partial charge in [-0.15, -0.1) is 11.3 Å². The lowest BCUT2D eigenvalue weighted by atomic mass is 10.3. The van der Waals surface area contributed by atoms with Crippen LogP contribution in [0.15, 0.2) is 6.20 Å². The zero-order valence-corrected chi connectivity index (χ0v) is 11.4. The predicted molar refractivity (Wildman–Crippen MR) is 71.9 cm³/mol. The number of rotatable bonds is 4. The number of anilines is 1. The quantitative estimate of drug-likeness (QED) is 0.893. The molecule has 1 aromatic rings. The Morgan fingerprint density at radius 1 is 1.53 bits per heavy atom. The smallest absolute Gasteiger partial charge is 0.185 e. The number of ether oxygens (including phenoxy) is 1. The van der Waals surface area contributed by atoms with Gasteiger partial charge in [0.15, 0.2) is 5.13 Å².